The maximum absolute atomic E-state index is 13.0. The molecule has 0 saturated heterocycles. The minimum absolute atomic E-state index is 0.166. The summed E-state index contributed by atoms with van der Waals surface area (Å²) in [6, 6.07) is 26.4. The van der Waals surface area contributed by atoms with Crippen molar-refractivity contribution in [2.45, 2.75) is 33.2 Å². The summed E-state index contributed by atoms with van der Waals surface area (Å²) in [7, 11) is 0. The summed E-state index contributed by atoms with van der Waals surface area (Å²) >= 11 is 0. The van der Waals surface area contributed by atoms with E-state index in [1.807, 2.05) is 55.5 Å². The van der Waals surface area contributed by atoms with Gasteiger partial charge in [-0.05, 0) is 46.4 Å². The Hall–Kier alpha value is -4.39. The van der Waals surface area contributed by atoms with Gasteiger partial charge >= 0.3 is 0 Å². The predicted octanol–water partition coefficient (Wildman–Crippen LogP) is 5.51. The van der Waals surface area contributed by atoms with Crippen molar-refractivity contribution in [1.82, 2.24) is 25.5 Å². The van der Waals surface area contributed by atoms with E-state index in [-0.39, 0.29) is 5.91 Å². The highest BCUT2D eigenvalue weighted by Crippen LogP contribution is 2.32. The molecule has 0 aliphatic carbocycles. The topological polar surface area (TPSA) is 87.1 Å². The van der Waals surface area contributed by atoms with Gasteiger partial charge in [-0.1, -0.05) is 85.8 Å². The van der Waals surface area contributed by atoms with E-state index in [9.17, 15) is 4.79 Å². The van der Waals surface area contributed by atoms with Gasteiger partial charge in [-0.2, -0.15) is 10.2 Å². The fraction of sp³-hybridized carbons (Fsp3) is 0.179. The number of amides is 1. The third-order valence-corrected chi connectivity index (χ3v) is 6.17. The molecule has 1 amide bonds. The SMILES string of the molecule is CCCC1=NC(=O)/C(=C(/C)c2ccccc2)N1Cc1ccc(-c2ccccc2-c2nn[nH]n2)cc1. The summed E-state index contributed by atoms with van der Waals surface area (Å²) in [5.41, 5.74) is 6.74. The molecule has 0 spiro atoms. The minimum atomic E-state index is -0.166. The van der Waals surface area contributed by atoms with Crippen LogP contribution in [0.5, 0.6) is 0 Å². The fourth-order valence-corrected chi connectivity index (χ4v) is 4.43. The summed E-state index contributed by atoms with van der Waals surface area (Å²) in [6.07, 6.45) is 1.68. The largest absolute Gasteiger partial charge is 0.320 e. The molecular formula is C28H26N6O. The summed E-state index contributed by atoms with van der Waals surface area (Å²) in [5, 5.41) is 14.5. The molecule has 174 valence electrons. The van der Waals surface area contributed by atoms with Crippen LogP contribution in [-0.2, 0) is 11.3 Å². The molecule has 35 heavy (non-hydrogen) atoms. The van der Waals surface area contributed by atoms with E-state index in [4.69, 9.17) is 0 Å². The lowest BCUT2D eigenvalue weighted by Crippen LogP contribution is -2.27. The zero-order valence-corrected chi connectivity index (χ0v) is 19.8. The molecule has 3 aromatic carbocycles. The molecule has 0 fully saturated rings. The first kappa shape index (κ1) is 22.4. The number of nitrogens with one attached hydrogen (secondary N) is 1. The molecule has 1 aliphatic heterocycles. The zero-order valence-electron chi connectivity index (χ0n) is 19.8. The molecule has 0 saturated carbocycles. The fourth-order valence-electron chi connectivity index (χ4n) is 4.43. The number of benzene rings is 3. The van der Waals surface area contributed by atoms with Crippen LogP contribution in [0.25, 0.3) is 28.1 Å². The van der Waals surface area contributed by atoms with Crippen molar-refractivity contribution in [2.75, 3.05) is 0 Å². The third kappa shape index (κ3) is 4.53. The Bertz CT molecular complexity index is 1390. The molecule has 0 bridgehead atoms. The van der Waals surface area contributed by atoms with E-state index in [1.54, 1.807) is 0 Å². The lowest BCUT2D eigenvalue weighted by atomic mass is 9.98. The molecule has 0 radical (unpaired) electrons. The van der Waals surface area contributed by atoms with E-state index in [1.165, 1.54) is 0 Å². The number of aliphatic imine (C=N–C) groups is 1. The molecule has 7 heteroatoms. The van der Waals surface area contributed by atoms with Gasteiger partial charge in [-0.25, -0.2) is 0 Å². The molecular weight excluding hydrogens is 436 g/mol. The second-order valence-corrected chi connectivity index (χ2v) is 8.49. The van der Waals surface area contributed by atoms with E-state index in [0.717, 1.165) is 52.1 Å². The average molecular weight is 463 g/mol. The molecule has 1 N–H and O–H groups in total. The van der Waals surface area contributed by atoms with Crippen LogP contribution in [0.4, 0.5) is 0 Å². The van der Waals surface area contributed by atoms with E-state index in [2.05, 4.69) is 67.8 Å². The Morgan fingerprint density at radius 2 is 1.63 bits per heavy atom. The molecule has 7 nitrogen and oxygen atoms in total. The van der Waals surface area contributed by atoms with Gasteiger partial charge in [0.15, 0.2) is 0 Å². The summed E-state index contributed by atoms with van der Waals surface area (Å²) in [5.74, 6) is 1.22. The van der Waals surface area contributed by atoms with Gasteiger partial charge in [-0.3, -0.25) is 4.79 Å². The van der Waals surface area contributed by atoms with Gasteiger partial charge in [0.1, 0.15) is 11.5 Å². The second kappa shape index (κ2) is 9.85. The average Bonchev–Trinajstić information content (AvgIpc) is 3.53. The van der Waals surface area contributed by atoms with Gasteiger partial charge in [0, 0.05) is 18.5 Å². The number of aromatic amines is 1. The highest BCUT2D eigenvalue weighted by Gasteiger charge is 2.31. The quantitative estimate of drug-likeness (QED) is 0.366. The molecule has 4 aromatic rings. The number of nitrogens with zero attached hydrogens (tertiary/aromatic N) is 5. The van der Waals surface area contributed by atoms with Gasteiger partial charge in [0.2, 0.25) is 5.82 Å². The van der Waals surface area contributed by atoms with Crippen LogP contribution in [-0.4, -0.2) is 37.3 Å². The van der Waals surface area contributed by atoms with E-state index in [0.29, 0.717) is 18.1 Å². The Labute approximate surface area is 204 Å². The number of H-pyrrole nitrogens is 1. The van der Waals surface area contributed by atoms with Crippen LogP contribution < -0.4 is 0 Å². The van der Waals surface area contributed by atoms with Crippen LogP contribution in [0.2, 0.25) is 0 Å². The minimum Gasteiger partial charge on any atom is -0.320 e. The first-order valence-electron chi connectivity index (χ1n) is 11.7. The van der Waals surface area contributed by atoms with E-state index >= 15 is 0 Å². The first-order valence-corrected chi connectivity index (χ1v) is 11.7. The van der Waals surface area contributed by atoms with Gasteiger partial charge < -0.3 is 4.90 Å². The number of amidine groups is 1. The number of hydrogen-bond acceptors (Lipinski definition) is 5. The summed E-state index contributed by atoms with van der Waals surface area (Å²) in [6.45, 7) is 4.68. The van der Waals surface area contributed by atoms with Crippen molar-refractivity contribution in [3.05, 3.63) is 95.7 Å². The Kier molecular flexibility index (Phi) is 6.30. The number of allylic oxidation sites excluding steroid dienone is 1. The lowest BCUT2D eigenvalue weighted by Gasteiger charge is -2.23. The molecule has 0 unspecified atom stereocenters. The van der Waals surface area contributed by atoms with Crippen molar-refractivity contribution in [1.29, 1.82) is 0 Å². The Balaban J connectivity index is 1.46. The zero-order chi connectivity index (χ0) is 24.2. The number of aromatic nitrogens is 4. The molecule has 2 heterocycles. The van der Waals surface area contributed by atoms with Crippen LogP contribution in [0, 0.1) is 0 Å². The summed E-state index contributed by atoms with van der Waals surface area (Å²) < 4.78 is 0. The molecule has 1 aromatic heterocycles. The van der Waals surface area contributed by atoms with Crippen LogP contribution in [0.15, 0.2) is 89.6 Å². The molecule has 5 rings (SSSR count). The van der Waals surface area contributed by atoms with Crippen molar-refractivity contribution in [3.8, 4) is 22.5 Å². The van der Waals surface area contributed by atoms with Crippen molar-refractivity contribution in [2.24, 2.45) is 4.99 Å². The van der Waals surface area contributed by atoms with Crippen molar-refractivity contribution < 1.29 is 4.79 Å². The van der Waals surface area contributed by atoms with Gasteiger partial charge in [-0.15, -0.1) is 10.2 Å². The third-order valence-electron chi connectivity index (χ3n) is 6.17. The Morgan fingerprint density at radius 1 is 0.914 bits per heavy atom. The van der Waals surface area contributed by atoms with Gasteiger partial charge in [0.25, 0.3) is 5.91 Å². The van der Waals surface area contributed by atoms with Crippen molar-refractivity contribution in [3.63, 3.8) is 0 Å². The number of carbonyl (C=O) groups is 1. The smallest absolute Gasteiger partial charge is 0.295 e. The highest BCUT2D eigenvalue weighted by molar-refractivity contribution is 6.14. The second-order valence-electron chi connectivity index (χ2n) is 8.49. The number of tetrazole rings is 1. The molecule has 1 aliphatic rings. The standard InChI is InChI=1S/C28H26N6O/c1-3-9-25-29-28(35)26(19(2)21-10-5-4-6-11-21)34(25)18-20-14-16-22(17-15-20)23-12-7-8-13-24(23)27-30-32-33-31-27/h4-8,10-17H,3,9,18H2,1-2H3,(H,30,31,32,33)/b26-19+. The van der Waals surface area contributed by atoms with E-state index < -0.39 is 0 Å². The number of hydrogen-bond donors (Lipinski definition) is 1. The maximum Gasteiger partial charge on any atom is 0.295 e. The first-order chi connectivity index (χ1) is 17.2. The normalized spacial score (nSPS) is 14.9. The summed E-state index contributed by atoms with van der Waals surface area (Å²) in [4.78, 5) is 19.4. The monoisotopic (exact) mass is 462 g/mol. The maximum atomic E-state index is 13.0. The van der Waals surface area contributed by atoms with Crippen LogP contribution in [0.3, 0.4) is 0 Å². The number of carbonyl (C=O) groups excluding carboxylic acids is 1. The lowest BCUT2D eigenvalue weighted by molar-refractivity contribution is -0.114. The van der Waals surface area contributed by atoms with Crippen molar-refractivity contribution >= 4 is 17.3 Å². The van der Waals surface area contributed by atoms with Crippen LogP contribution >= 0.6 is 0 Å². The van der Waals surface area contributed by atoms with Gasteiger partial charge in [0.05, 0.1) is 0 Å². The highest BCUT2D eigenvalue weighted by atomic mass is 16.2. The number of rotatable bonds is 7. The Morgan fingerprint density at radius 3 is 2.31 bits per heavy atom. The predicted molar refractivity (Wildman–Crippen MR) is 137 cm³/mol. The molecule has 0 atom stereocenters. The van der Waals surface area contributed by atoms with Crippen LogP contribution in [0.1, 0.15) is 37.8 Å².